The van der Waals surface area contributed by atoms with Crippen LogP contribution in [0.3, 0.4) is 0 Å². The van der Waals surface area contributed by atoms with E-state index in [1.54, 1.807) is 24.4 Å². The zero-order chi connectivity index (χ0) is 15.4. The summed E-state index contributed by atoms with van der Waals surface area (Å²) < 4.78 is 10.8. The highest BCUT2D eigenvalue weighted by Crippen LogP contribution is 2.32. The third-order valence-corrected chi connectivity index (χ3v) is 3.44. The minimum Gasteiger partial charge on any atom is -0.493 e. The summed E-state index contributed by atoms with van der Waals surface area (Å²) in [5.74, 6) is 0.540. The summed E-state index contributed by atoms with van der Waals surface area (Å²) in [7, 11) is 3.00. The highest BCUT2D eigenvalue weighted by molar-refractivity contribution is 9.10. The molecule has 110 valence electrons. The number of ether oxygens (including phenoxy) is 2. The lowest BCUT2D eigenvalue weighted by molar-refractivity contribution is 0.102. The molecule has 1 aromatic carbocycles. The molecular weight excluding hydrogens is 338 g/mol. The second kappa shape index (κ2) is 6.45. The van der Waals surface area contributed by atoms with Crippen LogP contribution in [0.5, 0.6) is 11.5 Å². The number of carbonyl (C=O) groups excluding carboxylic acids is 1. The Hall–Kier alpha value is -2.28. The van der Waals surface area contributed by atoms with Gasteiger partial charge in [0.05, 0.1) is 25.5 Å². The summed E-state index contributed by atoms with van der Waals surface area (Å²) in [6.45, 7) is 0. The van der Waals surface area contributed by atoms with Crippen molar-refractivity contribution in [3.05, 3.63) is 40.6 Å². The third-order valence-electron chi connectivity index (χ3n) is 2.81. The lowest BCUT2D eigenvalue weighted by Crippen LogP contribution is -2.15. The Labute approximate surface area is 130 Å². The standard InChI is InChI=1S/C14H14BrN3O3/c1-20-11-6-8(9(16)7-12(11)21-2)14(19)18-10-4-3-5-17-13(10)15/h3-7H,16H2,1-2H3,(H,18,19). The van der Waals surface area contributed by atoms with Gasteiger partial charge in [0.25, 0.3) is 5.91 Å². The van der Waals surface area contributed by atoms with E-state index in [-0.39, 0.29) is 5.91 Å². The van der Waals surface area contributed by atoms with E-state index >= 15 is 0 Å². The summed E-state index contributed by atoms with van der Waals surface area (Å²) in [5.41, 5.74) is 7.03. The van der Waals surface area contributed by atoms with E-state index in [1.807, 2.05) is 0 Å². The SMILES string of the molecule is COc1cc(N)c(C(=O)Nc2cccnc2Br)cc1OC. The zero-order valence-corrected chi connectivity index (χ0v) is 13.1. The molecule has 0 aliphatic carbocycles. The highest BCUT2D eigenvalue weighted by Gasteiger charge is 2.16. The molecule has 0 fully saturated rings. The number of benzene rings is 1. The number of nitrogens with zero attached hydrogens (tertiary/aromatic N) is 1. The molecule has 0 aliphatic rings. The van der Waals surface area contributed by atoms with Gasteiger partial charge in [-0.05, 0) is 34.1 Å². The summed E-state index contributed by atoms with van der Waals surface area (Å²) in [4.78, 5) is 16.4. The van der Waals surface area contributed by atoms with Gasteiger partial charge in [0.15, 0.2) is 11.5 Å². The number of nitrogen functional groups attached to an aromatic ring is 1. The van der Waals surface area contributed by atoms with Gasteiger partial charge in [-0.1, -0.05) is 0 Å². The largest absolute Gasteiger partial charge is 0.493 e. The maximum absolute atomic E-state index is 12.3. The van der Waals surface area contributed by atoms with E-state index in [9.17, 15) is 4.79 Å². The van der Waals surface area contributed by atoms with Crippen LogP contribution in [0.1, 0.15) is 10.4 Å². The molecule has 1 aromatic heterocycles. The molecule has 0 aliphatic heterocycles. The number of rotatable bonds is 4. The first-order valence-electron chi connectivity index (χ1n) is 6.00. The molecule has 3 N–H and O–H groups in total. The van der Waals surface area contributed by atoms with Crippen LogP contribution in [0.25, 0.3) is 0 Å². The molecule has 7 heteroatoms. The normalized spacial score (nSPS) is 10.0. The number of hydrogen-bond donors (Lipinski definition) is 2. The number of halogens is 1. The molecule has 0 spiro atoms. The van der Waals surface area contributed by atoms with Crippen LogP contribution in [0.2, 0.25) is 0 Å². The van der Waals surface area contributed by atoms with Crippen LogP contribution < -0.4 is 20.5 Å². The maximum Gasteiger partial charge on any atom is 0.257 e. The summed E-state index contributed by atoms with van der Waals surface area (Å²) in [6, 6.07) is 6.53. The average Bonchev–Trinajstić information content (AvgIpc) is 2.49. The topological polar surface area (TPSA) is 86.5 Å². The molecule has 0 bridgehead atoms. The first-order valence-corrected chi connectivity index (χ1v) is 6.79. The van der Waals surface area contributed by atoms with E-state index in [4.69, 9.17) is 15.2 Å². The van der Waals surface area contributed by atoms with Crippen molar-refractivity contribution in [3.63, 3.8) is 0 Å². The fourth-order valence-corrected chi connectivity index (χ4v) is 2.11. The number of anilines is 2. The first-order chi connectivity index (χ1) is 10.1. The van der Waals surface area contributed by atoms with Gasteiger partial charge in [0, 0.05) is 18.0 Å². The highest BCUT2D eigenvalue weighted by atomic mass is 79.9. The zero-order valence-electron chi connectivity index (χ0n) is 11.5. The molecule has 6 nitrogen and oxygen atoms in total. The van der Waals surface area contributed by atoms with Gasteiger partial charge in [0.2, 0.25) is 0 Å². The molecule has 1 amide bonds. The van der Waals surface area contributed by atoms with Crippen LogP contribution in [0, 0.1) is 0 Å². The summed E-state index contributed by atoms with van der Waals surface area (Å²) >= 11 is 3.27. The number of hydrogen-bond acceptors (Lipinski definition) is 5. The van der Waals surface area contributed by atoms with Crippen molar-refractivity contribution in [2.24, 2.45) is 0 Å². The van der Waals surface area contributed by atoms with E-state index < -0.39 is 0 Å². The Balaban J connectivity index is 2.33. The van der Waals surface area contributed by atoms with Crippen LogP contribution in [0.4, 0.5) is 11.4 Å². The lowest BCUT2D eigenvalue weighted by Gasteiger charge is -2.13. The Morgan fingerprint density at radius 2 is 1.95 bits per heavy atom. The molecule has 1 heterocycles. The Morgan fingerprint density at radius 1 is 1.29 bits per heavy atom. The van der Waals surface area contributed by atoms with Crippen molar-refractivity contribution in [1.82, 2.24) is 4.98 Å². The van der Waals surface area contributed by atoms with Crippen LogP contribution in [-0.4, -0.2) is 25.1 Å². The van der Waals surface area contributed by atoms with Crippen molar-refractivity contribution in [3.8, 4) is 11.5 Å². The van der Waals surface area contributed by atoms with Gasteiger partial charge in [-0.15, -0.1) is 0 Å². The number of aromatic nitrogens is 1. The van der Waals surface area contributed by atoms with E-state index in [0.717, 1.165) is 0 Å². The van der Waals surface area contributed by atoms with Gasteiger partial charge in [0.1, 0.15) is 4.60 Å². The van der Waals surface area contributed by atoms with Crippen molar-refractivity contribution in [2.45, 2.75) is 0 Å². The number of amides is 1. The molecule has 0 atom stereocenters. The maximum atomic E-state index is 12.3. The molecule has 21 heavy (non-hydrogen) atoms. The van der Waals surface area contributed by atoms with Crippen molar-refractivity contribution in [2.75, 3.05) is 25.3 Å². The monoisotopic (exact) mass is 351 g/mol. The smallest absolute Gasteiger partial charge is 0.257 e. The van der Waals surface area contributed by atoms with Crippen LogP contribution >= 0.6 is 15.9 Å². The van der Waals surface area contributed by atoms with Crippen molar-refractivity contribution >= 4 is 33.2 Å². The van der Waals surface area contributed by atoms with E-state index in [2.05, 4.69) is 26.2 Å². The molecule has 2 aromatic rings. The predicted octanol–water partition coefficient (Wildman–Crippen LogP) is 2.70. The van der Waals surface area contributed by atoms with Gasteiger partial charge < -0.3 is 20.5 Å². The van der Waals surface area contributed by atoms with Crippen LogP contribution in [-0.2, 0) is 0 Å². The second-order valence-electron chi connectivity index (χ2n) is 4.09. The molecular formula is C14H14BrN3O3. The molecule has 2 rings (SSSR count). The fraction of sp³-hybridized carbons (Fsp3) is 0.143. The minimum atomic E-state index is -0.359. The number of methoxy groups -OCH3 is 2. The quantitative estimate of drug-likeness (QED) is 0.653. The third kappa shape index (κ3) is 3.25. The van der Waals surface area contributed by atoms with Gasteiger partial charge in [-0.3, -0.25) is 4.79 Å². The Kier molecular flexibility index (Phi) is 4.64. The fourth-order valence-electron chi connectivity index (χ4n) is 1.76. The van der Waals surface area contributed by atoms with Gasteiger partial charge in [-0.25, -0.2) is 4.98 Å². The average molecular weight is 352 g/mol. The minimum absolute atomic E-state index is 0.295. The lowest BCUT2D eigenvalue weighted by atomic mass is 10.1. The van der Waals surface area contributed by atoms with E-state index in [0.29, 0.717) is 33.0 Å². The first kappa shape index (κ1) is 15.1. The Bertz CT molecular complexity index is 677. The van der Waals surface area contributed by atoms with Crippen LogP contribution in [0.15, 0.2) is 35.1 Å². The molecule has 0 radical (unpaired) electrons. The van der Waals surface area contributed by atoms with Crippen molar-refractivity contribution in [1.29, 1.82) is 0 Å². The molecule has 0 saturated heterocycles. The number of nitrogens with one attached hydrogen (secondary N) is 1. The summed E-state index contributed by atoms with van der Waals surface area (Å²) in [5, 5.41) is 2.73. The van der Waals surface area contributed by atoms with Gasteiger partial charge in [-0.2, -0.15) is 0 Å². The number of carbonyl (C=O) groups is 1. The van der Waals surface area contributed by atoms with Gasteiger partial charge >= 0.3 is 0 Å². The number of pyridine rings is 1. The van der Waals surface area contributed by atoms with E-state index in [1.165, 1.54) is 20.3 Å². The molecule has 0 saturated carbocycles. The summed E-state index contributed by atoms with van der Waals surface area (Å²) in [6.07, 6.45) is 1.62. The predicted molar refractivity (Wildman–Crippen MR) is 83.8 cm³/mol. The Morgan fingerprint density at radius 3 is 2.57 bits per heavy atom. The second-order valence-corrected chi connectivity index (χ2v) is 4.84. The molecule has 0 unspecified atom stereocenters. The number of nitrogens with two attached hydrogens (primary N) is 1. The van der Waals surface area contributed by atoms with Crippen molar-refractivity contribution < 1.29 is 14.3 Å².